The van der Waals surface area contributed by atoms with E-state index in [2.05, 4.69) is 62.1 Å². The van der Waals surface area contributed by atoms with Gasteiger partial charge in [0, 0.05) is 30.9 Å². The van der Waals surface area contributed by atoms with Crippen LogP contribution in [0.15, 0.2) is 88.9 Å². The van der Waals surface area contributed by atoms with Gasteiger partial charge in [-0.2, -0.15) is 0 Å². The van der Waals surface area contributed by atoms with Gasteiger partial charge in [0.1, 0.15) is 11.9 Å². The van der Waals surface area contributed by atoms with Gasteiger partial charge in [0.25, 0.3) is 0 Å². The number of aromatic carboxylic acids is 1. The van der Waals surface area contributed by atoms with Crippen LogP contribution in [0.1, 0.15) is 43.1 Å². The van der Waals surface area contributed by atoms with E-state index in [1.54, 1.807) is 12.1 Å². The molecule has 1 aliphatic heterocycles. The number of nitrogens with two attached hydrogens (primary N) is 1. The van der Waals surface area contributed by atoms with Crippen LogP contribution in [0, 0.1) is 5.92 Å². The number of hydrogen-bond donors (Lipinski definition) is 2. The molecule has 0 bridgehead atoms. The quantitative estimate of drug-likeness (QED) is 0.614. The molecule has 0 fully saturated rings. The average molecular weight is 445 g/mol. The molecule has 1 heterocycles. The van der Waals surface area contributed by atoms with Crippen molar-refractivity contribution in [2.24, 2.45) is 11.7 Å². The minimum atomic E-state index is -0.928. The zero-order valence-corrected chi connectivity index (χ0v) is 19.5. The van der Waals surface area contributed by atoms with Gasteiger partial charge in [-0.1, -0.05) is 43.4 Å². The lowest BCUT2D eigenvalue weighted by molar-refractivity contribution is 0.0696. The molecule has 0 amide bonds. The van der Waals surface area contributed by atoms with Crippen molar-refractivity contribution in [1.82, 2.24) is 4.90 Å². The number of carboxylic acid groups (broad SMARTS) is 1. The van der Waals surface area contributed by atoms with E-state index in [0.717, 1.165) is 53.2 Å². The predicted molar refractivity (Wildman–Crippen MR) is 132 cm³/mol. The van der Waals surface area contributed by atoms with Gasteiger partial charge in [-0.15, -0.1) is 0 Å². The fraction of sp³-hybridized carbons (Fsp3) is 0.321. The van der Waals surface area contributed by atoms with Crippen molar-refractivity contribution in [1.29, 1.82) is 0 Å². The van der Waals surface area contributed by atoms with E-state index in [1.807, 2.05) is 12.1 Å². The molecule has 5 nitrogen and oxygen atoms in total. The Morgan fingerprint density at radius 3 is 2.55 bits per heavy atom. The average Bonchev–Trinajstić information content (AvgIpc) is 2.84. The summed E-state index contributed by atoms with van der Waals surface area (Å²) in [5.41, 5.74) is 12.4. The summed E-state index contributed by atoms with van der Waals surface area (Å²) in [5.74, 6) is -0.242. The summed E-state index contributed by atoms with van der Waals surface area (Å²) >= 11 is 0. The lowest BCUT2D eigenvalue weighted by Gasteiger charge is -2.38. The van der Waals surface area contributed by atoms with Crippen LogP contribution in [0.5, 0.6) is 0 Å². The third-order valence-electron chi connectivity index (χ3n) is 6.68. The molecule has 0 aromatic heterocycles. The molecule has 33 heavy (non-hydrogen) atoms. The van der Waals surface area contributed by atoms with Crippen LogP contribution in [0.3, 0.4) is 0 Å². The summed E-state index contributed by atoms with van der Waals surface area (Å²) in [6, 6.07) is 7.24. The highest BCUT2D eigenvalue weighted by Gasteiger charge is 2.36. The highest BCUT2D eigenvalue weighted by Crippen LogP contribution is 2.46. The number of carbonyl (C=O) groups is 1. The van der Waals surface area contributed by atoms with Crippen molar-refractivity contribution in [3.63, 3.8) is 0 Å². The third kappa shape index (κ3) is 4.21. The molecular formula is C28H32N2O3. The van der Waals surface area contributed by atoms with Crippen LogP contribution in [0.4, 0.5) is 0 Å². The minimum absolute atomic E-state index is 0.149. The number of ether oxygens (including phenoxy) is 1. The van der Waals surface area contributed by atoms with E-state index in [-0.39, 0.29) is 12.0 Å². The fourth-order valence-electron chi connectivity index (χ4n) is 4.88. The Morgan fingerprint density at radius 2 is 1.88 bits per heavy atom. The highest BCUT2D eigenvalue weighted by molar-refractivity contribution is 5.96. The zero-order chi connectivity index (χ0) is 23.5. The Labute approximate surface area is 195 Å². The number of nitrogens with zero attached hydrogens (tertiary/aromatic N) is 1. The Kier molecular flexibility index (Phi) is 6.70. The summed E-state index contributed by atoms with van der Waals surface area (Å²) in [5, 5.41) is 9.90. The standard InChI is InChI=1S/C28H32N2O3/c1-4-18(17-29)19-11-13-23-25(15-19)33-26-16-20(30(5-2)6-3)12-14-24(26)27(23)21-9-7-8-10-22(21)28(31)32/h7-16,23,26H,4-6,17,29H2,1-3H3,(H,31,32)/b19-18+. The Bertz CT molecular complexity index is 1120. The molecule has 1 aromatic rings. The highest BCUT2D eigenvalue weighted by atomic mass is 16.5. The lowest BCUT2D eigenvalue weighted by atomic mass is 9.77. The maximum Gasteiger partial charge on any atom is 0.336 e. The molecule has 2 aliphatic carbocycles. The molecule has 3 aliphatic rings. The fourth-order valence-corrected chi connectivity index (χ4v) is 4.88. The predicted octanol–water partition coefficient (Wildman–Crippen LogP) is 5.07. The number of fused-ring (bicyclic) bond motifs is 2. The van der Waals surface area contributed by atoms with E-state index >= 15 is 0 Å². The molecule has 3 N–H and O–H groups in total. The summed E-state index contributed by atoms with van der Waals surface area (Å²) in [4.78, 5) is 14.4. The maximum absolute atomic E-state index is 12.1. The van der Waals surface area contributed by atoms with Gasteiger partial charge >= 0.3 is 5.97 Å². The molecule has 0 spiro atoms. The first-order valence-electron chi connectivity index (χ1n) is 11.7. The van der Waals surface area contributed by atoms with Crippen molar-refractivity contribution in [2.45, 2.75) is 33.3 Å². The van der Waals surface area contributed by atoms with Gasteiger partial charge in [0.05, 0.1) is 11.5 Å². The van der Waals surface area contributed by atoms with Crippen molar-refractivity contribution in [3.05, 3.63) is 100 Å². The van der Waals surface area contributed by atoms with E-state index in [0.29, 0.717) is 12.1 Å². The van der Waals surface area contributed by atoms with Crippen LogP contribution < -0.4 is 5.73 Å². The Morgan fingerprint density at radius 1 is 1.12 bits per heavy atom. The first kappa shape index (κ1) is 22.9. The van der Waals surface area contributed by atoms with Crippen LogP contribution in [-0.2, 0) is 4.74 Å². The van der Waals surface area contributed by atoms with E-state index in [9.17, 15) is 9.90 Å². The molecule has 4 rings (SSSR count). The monoisotopic (exact) mass is 444 g/mol. The van der Waals surface area contributed by atoms with Crippen LogP contribution >= 0.6 is 0 Å². The Hall–Kier alpha value is -3.31. The normalized spacial score (nSPS) is 22.7. The topological polar surface area (TPSA) is 75.8 Å². The zero-order valence-electron chi connectivity index (χ0n) is 19.5. The number of rotatable bonds is 7. The molecular weight excluding hydrogens is 412 g/mol. The molecule has 2 unspecified atom stereocenters. The second-order valence-corrected chi connectivity index (χ2v) is 8.36. The smallest absolute Gasteiger partial charge is 0.336 e. The van der Waals surface area contributed by atoms with Crippen molar-refractivity contribution in [3.8, 4) is 0 Å². The first-order valence-corrected chi connectivity index (χ1v) is 11.7. The second kappa shape index (κ2) is 9.67. The summed E-state index contributed by atoms with van der Waals surface area (Å²) in [6.45, 7) is 8.70. The van der Waals surface area contributed by atoms with Gasteiger partial charge in [-0.25, -0.2) is 4.79 Å². The molecule has 5 heteroatoms. The number of hydrogen-bond acceptors (Lipinski definition) is 4. The number of benzene rings is 1. The van der Waals surface area contributed by atoms with Gasteiger partial charge in [0.2, 0.25) is 0 Å². The lowest BCUT2D eigenvalue weighted by Crippen LogP contribution is -2.31. The molecule has 1 aromatic carbocycles. The van der Waals surface area contributed by atoms with Crippen molar-refractivity contribution >= 4 is 11.5 Å². The number of carboxylic acids is 1. The molecule has 172 valence electrons. The van der Waals surface area contributed by atoms with E-state index in [4.69, 9.17) is 10.5 Å². The van der Waals surface area contributed by atoms with E-state index < -0.39 is 5.97 Å². The maximum atomic E-state index is 12.1. The Balaban J connectivity index is 1.91. The van der Waals surface area contributed by atoms with Crippen LogP contribution in [-0.4, -0.2) is 41.7 Å². The first-order chi connectivity index (χ1) is 16.0. The van der Waals surface area contributed by atoms with Crippen LogP contribution in [0.2, 0.25) is 0 Å². The summed E-state index contributed by atoms with van der Waals surface area (Å²) in [7, 11) is 0. The van der Waals surface area contributed by atoms with Gasteiger partial charge in [-0.3, -0.25) is 0 Å². The van der Waals surface area contributed by atoms with E-state index in [1.165, 1.54) is 5.57 Å². The third-order valence-corrected chi connectivity index (χ3v) is 6.68. The molecule has 2 atom stereocenters. The summed E-state index contributed by atoms with van der Waals surface area (Å²) < 4.78 is 6.56. The largest absolute Gasteiger partial charge is 0.485 e. The van der Waals surface area contributed by atoms with Crippen molar-refractivity contribution < 1.29 is 14.6 Å². The second-order valence-electron chi connectivity index (χ2n) is 8.36. The van der Waals surface area contributed by atoms with Crippen LogP contribution in [0.25, 0.3) is 5.57 Å². The van der Waals surface area contributed by atoms with Gasteiger partial charge in [0.15, 0.2) is 0 Å². The molecule has 0 radical (unpaired) electrons. The van der Waals surface area contributed by atoms with Gasteiger partial charge < -0.3 is 20.5 Å². The van der Waals surface area contributed by atoms with Crippen molar-refractivity contribution in [2.75, 3.05) is 19.6 Å². The minimum Gasteiger partial charge on any atom is -0.485 e. The van der Waals surface area contributed by atoms with Gasteiger partial charge in [-0.05, 0) is 66.8 Å². The SMILES string of the molecule is CC/C(CN)=C1/C=CC2C(=C1)OC1C=C(N(CC)CC)C=CC1=C2c1ccccc1C(=O)O. The summed E-state index contributed by atoms with van der Waals surface area (Å²) in [6.07, 6.45) is 13.2. The number of likely N-dealkylation sites (N-methyl/N-ethyl adjacent to an activating group) is 1. The number of allylic oxidation sites excluding steroid dienone is 5. The molecule has 0 saturated carbocycles. The molecule has 0 saturated heterocycles.